The van der Waals surface area contributed by atoms with Crippen molar-refractivity contribution in [1.82, 2.24) is 25.2 Å². The fourth-order valence-corrected chi connectivity index (χ4v) is 7.71. The Kier molecular flexibility index (Phi) is 5.23. The van der Waals surface area contributed by atoms with Crippen LogP contribution in [0.1, 0.15) is 38.5 Å². The number of anilines is 2. The van der Waals surface area contributed by atoms with Crippen molar-refractivity contribution < 1.29 is 9.18 Å². The number of carbonyl (C=O) groups excluding carboxylic acids is 1. The number of aromatic nitrogens is 3. The molecule has 2 amide bonds. The van der Waals surface area contributed by atoms with Crippen LogP contribution >= 0.6 is 0 Å². The molecular formula is C28H32FN7O. The van der Waals surface area contributed by atoms with E-state index in [2.05, 4.69) is 20.2 Å². The summed E-state index contributed by atoms with van der Waals surface area (Å²) in [6.45, 7) is 2.51. The lowest BCUT2D eigenvalue weighted by atomic mass is 9.53. The van der Waals surface area contributed by atoms with Gasteiger partial charge in [0, 0.05) is 37.3 Å². The Labute approximate surface area is 215 Å². The molecule has 1 aliphatic heterocycles. The first kappa shape index (κ1) is 22.7. The van der Waals surface area contributed by atoms with Crippen LogP contribution in [0.25, 0.3) is 22.3 Å². The molecule has 37 heavy (non-hydrogen) atoms. The monoisotopic (exact) mass is 501 g/mol. The zero-order chi connectivity index (χ0) is 25.1. The van der Waals surface area contributed by atoms with E-state index in [1.54, 1.807) is 12.1 Å². The van der Waals surface area contributed by atoms with Crippen molar-refractivity contribution in [2.75, 3.05) is 36.8 Å². The third kappa shape index (κ3) is 4.14. The van der Waals surface area contributed by atoms with Gasteiger partial charge in [-0.2, -0.15) is 4.98 Å². The average Bonchev–Trinajstić information content (AvgIpc) is 2.87. The number of benzene rings is 1. The topological polar surface area (TPSA) is 100 Å². The first-order valence-corrected chi connectivity index (χ1v) is 13.5. The van der Waals surface area contributed by atoms with E-state index in [0.29, 0.717) is 43.0 Å². The summed E-state index contributed by atoms with van der Waals surface area (Å²) in [4.78, 5) is 31.1. The Morgan fingerprint density at radius 1 is 0.892 bits per heavy atom. The van der Waals surface area contributed by atoms with Crippen LogP contribution in [0.2, 0.25) is 0 Å². The van der Waals surface area contributed by atoms with Gasteiger partial charge in [-0.25, -0.2) is 19.2 Å². The maximum absolute atomic E-state index is 13.4. The molecule has 3 heterocycles. The number of carbonyl (C=O) groups is 1. The van der Waals surface area contributed by atoms with Gasteiger partial charge in [0.1, 0.15) is 11.3 Å². The molecule has 9 heteroatoms. The highest BCUT2D eigenvalue weighted by Gasteiger charge is 2.51. The van der Waals surface area contributed by atoms with Gasteiger partial charge in [0.2, 0.25) is 5.95 Å². The fourth-order valence-electron chi connectivity index (χ4n) is 7.71. The molecule has 1 aromatic carbocycles. The molecule has 5 fully saturated rings. The molecule has 3 N–H and O–H groups in total. The van der Waals surface area contributed by atoms with Gasteiger partial charge in [-0.3, -0.25) is 0 Å². The van der Waals surface area contributed by atoms with E-state index in [0.717, 1.165) is 48.3 Å². The number of nitrogen functional groups attached to an aromatic ring is 1. The second-order valence-electron chi connectivity index (χ2n) is 11.6. The second-order valence-corrected chi connectivity index (χ2v) is 11.6. The average molecular weight is 502 g/mol. The zero-order valence-corrected chi connectivity index (χ0v) is 20.9. The molecule has 2 aromatic heterocycles. The highest BCUT2D eigenvalue weighted by molar-refractivity contribution is 5.89. The molecule has 192 valence electrons. The van der Waals surface area contributed by atoms with E-state index in [4.69, 9.17) is 10.7 Å². The number of pyridine rings is 1. The van der Waals surface area contributed by atoms with Gasteiger partial charge in [-0.15, -0.1) is 0 Å². The summed E-state index contributed by atoms with van der Waals surface area (Å²) < 4.78 is 13.4. The summed E-state index contributed by atoms with van der Waals surface area (Å²) in [7, 11) is 0. The van der Waals surface area contributed by atoms with Crippen LogP contribution in [0, 0.1) is 23.6 Å². The highest BCUT2D eigenvalue weighted by atomic mass is 19.1. The quantitative estimate of drug-likeness (QED) is 0.558. The summed E-state index contributed by atoms with van der Waals surface area (Å²) in [5.41, 5.74) is 8.91. The van der Waals surface area contributed by atoms with Crippen LogP contribution in [0.5, 0.6) is 0 Å². The number of amides is 2. The van der Waals surface area contributed by atoms with Gasteiger partial charge in [0.15, 0.2) is 5.82 Å². The Morgan fingerprint density at radius 2 is 1.54 bits per heavy atom. The van der Waals surface area contributed by atoms with Gasteiger partial charge < -0.3 is 20.9 Å². The number of piperazine rings is 1. The standard InChI is InChI=1S/C28H32FN7O/c29-21-3-1-20(2-4-21)22-5-6-23-24(31-22)25(33-26(30)32-23)35-7-9-36(10-8-35)27(37)34-28-14-17-11-18(15-28)13-19(12-17)16-28/h1-6,17-19H,7-16H2,(H,34,37)(H2,30,32,33). The number of urea groups is 1. The summed E-state index contributed by atoms with van der Waals surface area (Å²) in [5, 5.41) is 3.50. The van der Waals surface area contributed by atoms with Crippen LogP contribution in [-0.2, 0) is 0 Å². The third-order valence-electron chi connectivity index (χ3n) is 8.96. The number of hydrogen-bond acceptors (Lipinski definition) is 6. The largest absolute Gasteiger partial charge is 0.368 e. The molecule has 0 spiro atoms. The Bertz CT molecular complexity index is 1320. The molecule has 1 saturated heterocycles. The van der Waals surface area contributed by atoms with E-state index in [1.807, 2.05) is 17.0 Å². The molecule has 4 aliphatic carbocycles. The number of fused-ring (bicyclic) bond motifs is 1. The van der Waals surface area contributed by atoms with Gasteiger partial charge in [-0.1, -0.05) is 0 Å². The van der Waals surface area contributed by atoms with Crippen molar-refractivity contribution in [1.29, 1.82) is 0 Å². The minimum atomic E-state index is -0.286. The van der Waals surface area contributed by atoms with Crippen LogP contribution in [0.3, 0.4) is 0 Å². The molecule has 3 aromatic rings. The van der Waals surface area contributed by atoms with Crippen molar-refractivity contribution in [2.24, 2.45) is 17.8 Å². The molecule has 8 nitrogen and oxygen atoms in total. The van der Waals surface area contributed by atoms with E-state index >= 15 is 0 Å². The lowest BCUT2D eigenvalue weighted by Crippen LogP contribution is -2.63. The number of hydrogen-bond donors (Lipinski definition) is 2. The lowest BCUT2D eigenvalue weighted by molar-refractivity contribution is -0.0157. The van der Waals surface area contributed by atoms with E-state index in [-0.39, 0.29) is 23.3 Å². The zero-order valence-electron chi connectivity index (χ0n) is 20.9. The molecule has 8 rings (SSSR count). The predicted octanol–water partition coefficient (Wildman–Crippen LogP) is 4.21. The molecule has 0 atom stereocenters. The number of halogens is 1. The number of nitrogens with zero attached hydrogens (tertiary/aromatic N) is 5. The first-order chi connectivity index (χ1) is 17.9. The predicted molar refractivity (Wildman–Crippen MR) is 140 cm³/mol. The van der Waals surface area contributed by atoms with Crippen molar-refractivity contribution in [3.05, 3.63) is 42.2 Å². The number of nitrogens with one attached hydrogen (secondary N) is 1. The minimum absolute atomic E-state index is 0.0148. The highest BCUT2D eigenvalue weighted by Crippen LogP contribution is 2.55. The Morgan fingerprint density at radius 3 is 2.19 bits per heavy atom. The van der Waals surface area contributed by atoms with Crippen molar-refractivity contribution in [3.63, 3.8) is 0 Å². The SMILES string of the molecule is Nc1nc(N2CCN(C(=O)NC34CC5CC(CC(C5)C3)C4)CC2)c2nc(-c3ccc(F)cc3)ccc2n1. The molecule has 0 unspecified atom stereocenters. The Balaban J connectivity index is 1.08. The first-order valence-electron chi connectivity index (χ1n) is 13.5. The fraction of sp³-hybridized carbons (Fsp3) is 0.500. The van der Waals surface area contributed by atoms with Crippen LogP contribution in [0.4, 0.5) is 21.0 Å². The summed E-state index contributed by atoms with van der Waals surface area (Å²) >= 11 is 0. The van der Waals surface area contributed by atoms with Crippen molar-refractivity contribution >= 4 is 28.8 Å². The molecular weight excluding hydrogens is 469 g/mol. The Hall–Kier alpha value is -3.49. The minimum Gasteiger partial charge on any atom is -0.368 e. The van der Waals surface area contributed by atoms with E-state index < -0.39 is 0 Å². The lowest BCUT2D eigenvalue weighted by Gasteiger charge is -2.57. The van der Waals surface area contributed by atoms with Gasteiger partial charge in [-0.05, 0) is 92.7 Å². The summed E-state index contributed by atoms with van der Waals surface area (Å²) in [6.07, 6.45) is 7.54. The molecule has 4 bridgehead atoms. The van der Waals surface area contributed by atoms with Crippen LogP contribution < -0.4 is 16.0 Å². The summed E-state index contributed by atoms with van der Waals surface area (Å²) in [6, 6.07) is 10.1. The van der Waals surface area contributed by atoms with Gasteiger partial charge in [0.05, 0.1) is 11.2 Å². The normalized spacial score (nSPS) is 28.6. The van der Waals surface area contributed by atoms with Crippen LogP contribution in [0.15, 0.2) is 36.4 Å². The van der Waals surface area contributed by atoms with E-state index in [9.17, 15) is 9.18 Å². The van der Waals surface area contributed by atoms with E-state index in [1.165, 1.54) is 31.4 Å². The maximum atomic E-state index is 13.4. The third-order valence-corrected chi connectivity index (χ3v) is 8.96. The molecule has 5 aliphatic rings. The van der Waals surface area contributed by atoms with Crippen molar-refractivity contribution in [2.45, 2.75) is 44.1 Å². The molecule has 0 radical (unpaired) electrons. The molecule has 4 saturated carbocycles. The summed E-state index contributed by atoms with van der Waals surface area (Å²) in [5.74, 6) is 2.98. The number of nitrogens with two attached hydrogens (primary N) is 1. The smallest absolute Gasteiger partial charge is 0.317 e. The van der Waals surface area contributed by atoms with Gasteiger partial charge >= 0.3 is 6.03 Å². The van der Waals surface area contributed by atoms with Crippen LogP contribution in [-0.4, -0.2) is 57.6 Å². The van der Waals surface area contributed by atoms with Gasteiger partial charge in [0.25, 0.3) is 0 Å². The second kappa shape index (κ2) is 8.53. The number of rotatable bonds is 3. The maximum Gasteiger partial charge on any atom is 0.317 e. The van der Waals surface area contributed by atoms with Crippen molar-refractivity contribution in [3.8, 4) is 11.3 Å².